The van der Waals surface area contributed by atoms with E-state index in [0.29, 0.717) is 21.5 Å². The van der Waals surface area contributed by atoms with E-state index in [0.717, 1.165) is 11.3 Å². The fourth-order valence-electron chi connectivity index (χ4n) is 5.12. The summed E-state index contributed by atoms with van der Waals surface area (Å²) in [5.41, 5.74) is 1.58. The Morgan fingerprint density at radius 1 is 0.759 bits per heavy atom. The van der Waals surface area contributed by atoms with Crippen molar-refractivity contribution in [1.29, 1.82) is 5.26 Å². The van der Waals surface area contributed by atoms with Crippen LogP contribution < -0.4 is 26.6 Å². The van der Waals surface area contributed by atoms with Crippen LogP contribution in [-0.4, -0.2) is 76.2 Å². The van der Waals surface area contributed by atoms with E-state index in [1.165, 1.54) is 20.8 Å². The Bertz CT molecular complexity index is 1920. The molecule has 0 spiro atoms. The van der Waals surface area contributed by atoms with Gasteiger partial charge in [0.05, 0.1) is 10.2 Å². The highest BCUT2D eigenvalue weighted by Gasteiger charge is 2.33. The quantitative estimate of drug-likeness (QED) is 0.119. The first-order valence-corrected chi connectivity index (χ1v) is 17.9. The minimum atomic E-state index is -1.43. The van der Waals surface area contributed by atoms with Crippen LogP contribution in [0.4, 0.5) is 10.5 Å². The summed E-state index contributed by atoms with van der Waals surface area (Å²) in [6.45, 7) is 6.91. The van der Waals surface area contributed by atoms with Crippen molar-refractivity contribution in [3.63, 3.8) is 0 Å². The molecule has 0 saturated heterocycles. The molecule has 16 nitrogen and oxygen atoms in total. The Morgan fingerprint density at radius 2 is 1.37 bits per heavy atom. The number of amides is 5. The third kappa shape index (κ3) is 13.5. The highest BCUT2D eigenvalue weighted by molar-refractivity contribution is 7.19. The van der Waals surface area contributed by atoms with E-state index < -0.39 is 77.8 Å². The lowest BCUT2D eigenvalue weighted by Crippen LogP contribution is -2.59. The molecule has 0 radical (unpaired) electrons. The number of ketones is 3. The third-order valence-electron chi connectivity index (χ3n) is 7.85. The predicted molar refractivity (Wildman–Crippen MR) is 198 cm³/mol. The molecule has 5 amide bonds. The van der Waals surface area contributed by atoms with Crippen molar-refractivity contribution < 1.29 is 43.1 Å². The minimum Gasteiger partial charge on any atom is -0.445 e. The molecule has 0 saturated carbocycles. The highest BCUT2D eigenvalue weighted by Crippen LogP contribution is 2.25. The van der Waals surface area contributed by atoms with Gasteiger partial charge >= 0.3 is 6.09 Å². The van der Waals surface area contributed by atoms with Gasteiger partial charge in [-0.15, -0.1) is 11.3 Å². The van der Waals surface area contributed by atoms with Crippen molar-refractivity contribution in [1.82, 2.24) is 26.3 Å². The number of fused-ring (bicyclic) bond motifs is 1. The van der Waals surface area contributed by atoms with Crippen LogP contribution >= 0.6 is 11.3 Å². The highest BCUT2D eigenvalue weighted by atomic mass is 32.1. The maximum atomic E-state index is 13.7. The van der Waals surface area contributed by atoms with E-state index in [2.05, 4.69) is 31.6 Å². The maximum absolute atomic E-state index is 13.7. The van der Waals surface area contributed by atoms with Crippen LogP contribution in [0.15, 0.2) is 48.5 Å². The van der Waals surface area contributed by atoms with Crippen LogP contribution in [0.1, 0.15) is 70.9 Å². The van der Waals surface area contributed by atoms with E-state index in [-0.39, 0.29) is 36.7 Å². The standard InChI is InChI=1S/C37H43N7O9S/c1-20(2)32(36(51)42-28(15-22(4)46)34(49)39-25-12-14-26-30(17-25)54-31(18-38)40-26)44-33(48)27(13-11-21(3)45)41-35(50)29(16-23(5)47)43-37(52)53-19-24-9-7-6-8-10-24/h6-10,12,14,17,20,27-29,32H,11,13,15-16,19H2,1-5H3,(H,39,49)(H,41,50)(H,42,51)(H,43,52)(H,44,48). The normalized spacial score (nSPS) is 13.0. The van der Waals surface area contributed by atoms with Crippen LogP contribution in [0.3, 0.4) is 0 Å². The van der Waals surface area contributed by atoms with Gasteiger partial charge < -0.3 is 36.1 Å². The molecule has 17 heteroatoms. The number of ether oxygens (including phenoxy) is 1. The first-order valence-electron chi connectivity index (χ1n) is 17.0. The second-order valence-electron chi connectivity index (χ2n) is 13.0. The van der Waals surface area contributed by atoms with Gasteiger partial charge in [-0.25, -0.2) is 9.78 Å². The molecule has 0 bridgehead atoms. The number of thiazole rings is 1. The number of nitrogens with zero attached hydrogens (tertiary/aromatic N) is 2. The topological polar surface area (TPSA) is 243 Å². The van der Waals surface area contributed by atoms with Crippen molar-refractivity contribution in [2.75, 3.05) is 5.32 Å². The molecule has 0 aliphatic heterocycles. The number of nitrogens with one attached hydrogen (secondary N) is 5. The fraction of sp³-hybridized carbons (Fsp3) is 0.405. The average Bonchev–Trinajstić information content (AvgIpc) is 3.53. The molecule has 0 fully saturated rings. The number of benzene rings is 2. The summed E-state index contributed by atoms with van der Waals surface area (Å²) >= 11 is 1.13. The van der Waals surface area contributed by atoms with Crippen LogP contribution in [0.5, 0.6) is 0 Å². The number of rotatable bonds is 19. The second kappa shape index (κ2) is 20.3. The molecule has 4 unspecified atom stereocenters. The molecular weight excluding hydrogens is 719 g/mol. The lowest BCUT2D eigenvalue weighted by atomic mass is 10.0. The third-order valence-corrected chi connectivity index (χ3v) is 8.78. The molecule has 2 aromatic carbocycles. The SMILES string of the molecule is CC(=O)CCC(NC(=O)C(CC(C)=O)NC(=O)OCc1ccccc1)C(=O)NC(C(=O)NC(CC(C)=O)C(=O)Nc1ccc2nc(C#N)sc2c1)C(C)C. The molecule has 5 N–H and O–H groups in total. The molecule has 3 rings (SSSR count). The van der Waals surface area contributed by atoms with Crippen molar-refractivity contribution >= 4 is 74.3 Å². The Kier molecular flexibility index (Phi) is 15.9. The second-order valence-corrected chi connectivity index (χ2v) is 14.0. The van der Waals surface area contributed by atoms with Gasteiger partial charge in [0.2, 0.25) is 23.6 Å². The first-order chi connectivity index (χ1) is 25.6. The van der Waals surface area contributed by atoms with Gasteiger partial charge in [-0.05, 0) is 56.9 Å². The largest absolute Gasteiger partial charge is 0.445 e. The van der Waals surface area contributed by atoms with Gasteiger partial charge in [0, 0.05) is 24.9 Å². The van der Waals surface area contributed by atoms with Crippen molar-refractivity contribution in [3.8, 4) is 6.07 Å². The molecule has 3 aromatic rings. The Labute approximate surface area is 315 Å². The number of aromatic nitrogens is 1. The number of hydrogen-bond acceptors (Lipinski definition) is 12. The zero-order valence-corrected chi connectivity index (χ0v) is 31.3. The molecule has 0 aliphatic rings. The summed E-state index contributed by atoms with van der Waals surface area (Å²) in [7, 11) is 0. The van der Waals surface area contributed by atoms with E-state index >= 15 is 0 Å². The van der Waals surface area contributed by atoms with Crippen molar-refractivity contribution in [2.45, 2.75) is 91.1 Å². The van der Waals surface area contributed by atoms with E-state index in [1.54, 1.807) is 62.4 Å². The number of Topliss-reactive ketones (excluding diaryl/α,β-unsaturated/α-hetero) is 3. The van der Waals surface area contributed by atoms with Gasteiger partial charge in [-0.2, -0.15) is 5.26 Å². The number of carbonyl (C=O) groups excluding carboxylic acids is 8. The number of hydrogen-bond donors (Lipinski definition) is 5. The predicted octanol–water partition coefficient (Wildman–Crippen LogP) is 2.84. The molecule has 286 valence electrons. The molecule has 0 aliphatic carbocycles. The first kappa shape index (κ1) is 42.4. The van der Waals surface area contributed by atoms with E-state index in [4.69, 9.17) is 10.00 Å². The van der Waals surface area contributed by atoms with Crippen LogP contribution in [0, 0.1) is 17.2 Å². The van der Waals surface area contributed by atoms with E-state index in [1.807, 2.05) is 6.07 Å². The lowest BCUT2D eigenvalue weighted by molar-refractivity contribution is -0.135. The number of anilines is 1. The maximum Gasteiger partial charge on any atom is 0.408 e. The molecule has 1 aromatic heterocycles. The summed E-state index contributed by atoms with van der Waals surface area (Å²) in [5, 5.41) is 22.0. The molecular formula is C37H43N7O9S. The average molecular weight is 762 g/mol. The monoisotopic (exact) mass is 761 g/mol. The Hall–Kier alpha value is -6.02. The minimum absolute atomic E-state index is 0.106. The van der Waals surface area contributed by atoms with Crippen molar-refractivity contribution in [2.24, 2.45) is 5.92 Å². The number of nitriles is 1. The van der Waals surface area contributed by atoms with Gasteiger partial charge in [-0.1, -0.05) is 44.2 Å². The van der Waals surface area contributed by atoms with E-state index in [9.17, 15) is 38.4 Å². The van der Waals surface area contributed by atoms with Crippen LogP contribution in [-0.2, 0) is 44.9 Å². The molecule has 1 heterocycles. The Balaban J connectivity index is 1.74. The van der Waals surface area contributed by atoms with Crippen LogP contribution in [0.2, 0.25) is 0 Å². The van der Waals surface area contributed by atoms with Crippen molar-refractivity contribution in [3.05, 3.63) is 59.1 Å². The summed E-state index contributed by atoms with van der Waals surface area (Å²) < 4.78 is 5.82. The fourth-order valence-corrected chi connectivity index (χ4v) is 5.92. The summed E-state index contributed by atoms with van der Waals surface area (Å²) in [6.07, 6.45) is -2.09. The lowest BCUT2D eigenvalue weighted by Gasteiger charge is -2.28. The number of alkyl carbamates (subject to hydrolysis) is 1. The van der Waals surface area contributed by atoms with Gasteiger partial charge in [-0.3, -0.25) is 28.8 Å². The molecule has 4 atom stereocenters. The molecule has 54 heavy (non-hydrogen) atoms. The summed E-state index contributed by atoms with van der Waals surface area (Å²) in [5.74, 6) is -4.97. The van der Waals surface area contributed by atoms with Gasteiger partial charge in [0.25, 0.3) is 0 Å². The number of carbonyl (C=O) groups is 8. The summed E-state index contributed by atoms with van der Waals surface area (Å²) in [4.78, 5) is 107. The van der Waals surface area contributed by atoms with Gasteiger partial charge in [0.1, 0.15) is 54.2 Å². The Morgan fingerprint density at radius 3 is 1.96 bits per heavy atom. The zero-order chi connectivity index (χ0) is 39.9. The van der Waals surface area contributed by atoms with Gasteiger partial charge in [0.15, 0.2) is 5.01 Å². The summed E-state index contributed by atoms with van der Waals surface area (Å²) in [6, 6.07) is 10.1. The smallest absolute Gasteiger partial charge is 0.408 e. The zero-order valence-electron chi connectivity index (χ0n) is 30.5. The van der Waals surface area contributed by atoms with Crippen LogP contribution in [0.25, 0.3) is 10.2 Å².